The van der Waals surface area contributed by atoms with Gasteiger partial charge in [0.15, 0.2) is 0 Å². The maximum Gasteiger partial charge on any atom is 0.246 e. The van der Waals surface area contributed by atoms with Gasteiger partial charge in [-0.2, -0.15) is 0 Å². The minimum atomic E-state index is -0.979. The third-order valence-corrected chi connectivity index (χ3v) is 7.81. The number of carbonyl (C=O) groups excluding carboxylic acids is 5. The molecule has 2 saturated heterocycles. The molecule has 224 valence electrons. The summed E-state index contributed by atoms with van der Waals surface area (Å²) < 4.78 is 0. The van der Waals surface area contributed by atoms with Gasteiger partial charge in [0.05, 0.1) is 0 Å². The van der Waals surface area contributed by atoms with Crippen LogP contribution in [0.25, 0.3) is 0 Å². The van der Waals surface area contributed by atoms with Crippen molar-refractivity contribution in [2.75, 3.05) is 6.54 Å². The molecule has 2 heterocycles. The summed E-state index contributed by atoms with van der Waals surface area (Å²) in [5, 5.41) is 17.3. The standard InChI is InChI=1S/C31H39N5O6/c37-27(35-42)17-9-3-8-15-23-28(38)33-24(19-21-11-4-1-5-12-21)29(39)34-25(20-22-13-6-2-7-14-22)31(41)36-18-10-16-26(36)30(40)32-23/h1-2,4-7,11-14,23-26,42H,3,8-10,15-20H2,(H,32,40)(H,33,38)(H,34,39)(H,35,37)/t23-,24+,25-,26-/m0/s1. The highest BCUT2D eigenvalue weighted by atomic mass is 16.5. The lowest BCUT2D eigenvalue weighted by molar-refractivity contribution is -0.143. The second-order valence-electron chi connectivity index (χ2n) is 10.9. The quantitative estimate of drug-likeness (QED) is 0.163. The van der Waals surface area contributed by atoms with Crippen LogP contribution in [-0.4, -0.2) is 70.4 Å². The van der Waals surface area contributed by atoms with Crippen LogP contribution in [0.15, 0.2) is 60.7 Å². The summed E-state index contributed by atoms with van der Waals surface area (Å²) >= 11 is 0. The first-order chi connectivity index (χ1) is 20.4. The van der Waals surface area contributed by atoms with Crippen molar-refractivity contribution in [1.29, 1.82) is 0 Å². The second-order valence-corrected chi connectivity index (χ2v) is 10.9. The number of benzene rings is 2. The fraction of sp³-hybridized carbons (Fsp3) is 0.452. The van der Waals surface area contributed by atoms with Crippen molar-refractivity contribution < 1.29 is 29.2 Å². The SMILES string of the molecule is O=C(CCCCC[C@@H]1NC(=O)[C@@H]2CCCN2C(=O)[C@H](Cc2ccccc2)NC(=O)[C@@H](Cc2ccccc2)NC1=O)NO. The van der Waals surface area contributed by atoms with E-state index in [9.17, 15) is 24.0 Å². The zero-order valence-corrected chi connectivity index (χ0v) is 23.6. The molecule has 2 fully saturated rings. The van der Waals surface area contributed by atoms with Crippen molar-refractivity contribution in [2.24, 2.45) is 0 Å². The normalized spacial score (nSPS) is 23.1. The zero-order valence-electron chi connectivity index (χ0n) is 23.6. The van der Waals surface area contributed by atoms with E-state index < -0.39 is 47.8 Å². The van der Waals surface area contributed by atoms with Gasteiger partial charge in [-0.3, -0.25) is 29.2 Å². The van der Waals surface area contributed by atoms with Crippen molar-refractivity contribution in [3.05, 3.63) is 71.8 Å². The highest BCUT2D eigenvalue weighted by Gasteiger charge is 2.40. The molecule has 11 nitrogen and oxygen atoms in total. The van der Waals surface area contributed by atoms with E-state index in [4.69, 9.17) is 5.21 Å². The first-order valence-corrected chi connectivity index (χ1v) is 14.6. The molecule has 0 unspecified atom stereocenters. The van der Waals surface area contributed by atoms with Crippen LogP contribution in [0.5, 0.6) is 0 Å². The van der Waals surface area contributed by atoms with Gasteiger partial charge in [0.2, 0.25) is 29.5 Å². The Hall–Kier alpha value is -4.25. The smallest absolute Gasteiger partial charge is 0.246 e. The number of nitrogens with zero attached hydrogens (tertiary/aromatic N) is 1. The van der Waals surface area contributed by atoms with Crippen LogP contribution in [0.1, 0.15) is 56.1 Å². The predicted octanol–water partition coefficient (Wildman–Crippen LogP) is 1.39. The van der Waals surface area contributed by atoms with Crippen molar-refractivity contribution in [1.82, 2.24) is 26.3 Å². The van der Waals surface area contributed by atoms with Crippen LogP contribution in [0.2, 0.25) is 0 Å². The molecule has 2 aliphatic heterocycles. The Morgan fingerprint density at radius 3 is 1.98 bits per heavy atom. The highest BCUT2D eigenvalue weighted by molar-refractivity contribution is 5.98. The molecule has 4 atom stereocenters. The Morgan fingerprint density at radius 1 is 0.762 bits per heavy atom. The molecule has 2 aromatic rings. The molecular weight excluding hydrogens is 538 g/mol. The molecule has 2 aliphatic rings. The summed E-state index contributed by atoms with van der Waals surface area (Å²) in [4.78, 5) is 67.5. The summed E-state index contributed by atoms with van der Waals surface area (Å²) in [6.07, 6.45) is 3.60. The van der Waals surface area contributed by atoms with Gasteiger partial charge in [-0.1, -0.05) is 73.5 Å². The zero-order chi connectivity index (χ0) is 29.9. The van der Waals surface area contributed by atoms with Crippen LogP contribution in [0.3, 0.4) is 0 Å². The molecule has 5 amide bonds. The minimum Gasteiger partial charge on any atom is -0.343 e. The largest absolute Gasteiger partial charge is 0.343 e. The lowest BCUT2D eigenvalue weighted by Crippen LogP contribution is -2.61. The number of hydrogen-bond acceptors (Lipinski definition) is 6. The lowest BCUT2D eigenvalue weighted by atomic mass is 10.00. The van der Waals surface area contributed by atoms with Gasteiger partial charge in [0.1, 0.15) is 24.2 Å². The molecule has 2 aromatic carbocycles. The minimum absolute atomic E-state index is 0.141. The number of nitrogens with one attached hydrogen (secondary N) is 4. The monoisotopic (exact) mass is 577 g/mol. The topological polar surface area (TPSA) is 157 Å². The van der Waals surface area contributed by atoms with Crippen molar-refractivity contribution >= 4 is 29.5 Å². The summed E-state index contributed by atoms with van der Waals surface area (Å²) in [6, 6.07) is 15.1. The van der Waals surface area contributed by atoms with Crippen LogP contribution in [0, 0.1) is 0 Å². The summed E-state index contributed by atoms with van der Waals surface area (Å²) in [5.41, 5.74) is 3.29. The van der Waals surface area contributed by atoms with Gasteiger partial charge < -0.3 is 20.9 Å². The van der Waals surface area contributed by atoms with E-state index in [1.807, 2.05) is 60.7 Å². The van der Waals surface area contributed by atoms with Gasteiger partial charge in [-0.25, -0.2) is 5.48 Å². The molecule has 0 saturated carbocycles. The number of hydrogen-bond donors (Lipinski definition) is 5. The third-order valence-electron chi connectivity index (χ3n) is 7.81. The number of amides is 5. The number of fused-ring (bicyclic) bond motifs is 1. The molecule has 0 radical (unpaired) electrons. The highest BCUT2D eigenvalue weighted by Crippen LogP contribution is 2.21. The van der Waals surface area contributed by atoms with E-state index in [1.165, 1.54) is 4.90 Å². The Labute approximate surface area is 245 Å². The van der Waals surface area contributed by atoms with E-state index in [0.29, 0.717) is 38.6 Å². The van der Waals surface area contributed by atoms with Crippen molar-refractivity contribution in [3.63, 3.8) is 0 Å². The number of rotatable bonds is 10. The van der Waals surface area contributed by atoms with E-state index in [2.05, 4.69) is 16.0 Å². The molecule has 0 spiro atoms. The summed E-state index contributed by atoms with van der Waals surface area (Å²) in [6.45, 7) is 0.384. The van der Waals surface area contributed by atoms with E-state index >= 15 is 0 Å². The van der Waals surface area contributed by atoms with Gasteiger partial charge >= 0.3 is 0 Å². The Bertz CT molecular complexity index is 1240. The fourth-order valence-electron chi connectivity index (χ4n) is 5.56. The second kappa shape index (κ2) is 15.1. The fourth-order valence-corrected chi connectivity index (χ4v) is 5.56. The van der Waals surface area contributed by atoms with Gasteiger partial charge in [-0.05, 0) is 36.8 Å². The predicted molar refractivity (Wildman–Crippen MR) is 154 cm³/mol. The summed E-state index contributed by atoms with van der Waals surface area (Å²) in [7, 11) is 0. The van der Waals surface area contributed by atoms with Crippen LogP contribution >= 0.6 is 0 Å². The Balaban J connectivity index is 1.59. The first-order valence-electron chi connectivity index (χ1n) is 14.6. The first kappa shape index (κ1) is 30.7. The molecular formula is C31H39N5O6. The molecule has 42 heavy (non-hydrogen) atoms. The average Bonchev–Trinajstić information content (AvgIpc) is 3.50. The van der Waals surface area contributed by atoms with Gasteiger partial charge in [-0.15, -0.1) is 0 Å². The molecule has 11 heteroatoms. The maximum atomic E-state index is 13.9. The van der Waals surface area contributed by atoms with Crippen molar-refractivity contribution in [2.45, 2.75) is 82.0 Å². The van der Waals surface area contributed by atoms with E-state index in [0.717, 1.165) is 11.1 Å². The van der Waals surface area contributed by atoms with Crippen molar-refractivity contribution in [3.8, 4) is 0 Å². The average molecular weight is 578 g/mol. The molecule has 4 rings (SSSR count). The summed E-state index contributed by atoms with van der Waals surface area (Å²) in [5.74, 6) is -2.17. The number of hydroxylamine groups is 1. The van der Waals surface area contributed by atoms with Gasteiger partial charge in [0, 0.05) is 25.8 Å². The van der Waals surface area contributed by atoms with Crippen LogP contribution < -0.4 is 21.4 Å². The van der Waals surface area contributed by atoms with Gasteiger partial charge in [0.25, 0.3) is 0 Å². The molecule has 0 bridgehead atoms. The third kappa shape index (κ3) is 8.39. The number of carbonyl (C=O) groups is 5. The van der Waals surface area contributed by atoms with E-state index in [1.54, 1.807) is 5.48 Å². The molecule has 0 aliphatic carbocycles. The number of unbranched alkanes of at least 4 members (excludes halogenated alkanes) is 2. The molecule has 0 aromatic heterocycles. The van der Waals surface area contributed by atoms with E-state index in [-0.39, 0.29) is 31.6 Å². The molecule has 5 N–H and O–H groups in total. The van der Waals surface area contributed by atoms with Crippen LogP contribution in [-0.2, 0) is 36.8 Å². The van der Waals surface area contributed by atoms with Crippen LogP contribution in [0.4, 0.5) is 0 Å². The lowest BCUT2D eigenvalue weighted by Gasteiger charge is -2.32. The Morgan fingerprint density at radius 2 is 1.33 bits per heavy atom. The maximum absolute atomic E-state index is 13.9. The Kier molecular flexibility index (Phi) is 11.0.